The molecule has 108 valence electrons. The molecular formula is C14H19N3OS2. The minimum absolute atomic E-state index is 0.104. The van der Waals surface area contributed by atoms with E-state index in [0.29, 0.717) is 11.5 Å². The zero-order valence-electron chi connectivity index (χ0n) is 11.5. The fraction of sp³-hybridized carbons (Fsp3) is 0.429. The van der Waals surface area contributed by atoms with Crippen molar-refractivity contribution in [2.45, 2.75) is 4.90 Å². The molecule has 0 unspecified atom stereocenters. The quantitative estimate of drug-likeness (QED) is 0.674. The first kappa shape index (κ1) is 15.3. The Morgan fingerprint density at radius 3 is 2.35 bits per heavy atom. The molecule has 1 aromatic carbocycles. The van der Waals surface area contributed by atoms with Crippen molar-refractivity contribution in [3.63, 3.8) is 0 Å². The average molecular weight is 309 g/mol. The lowest BCUT2D eigenvalue weighted by atomic mass is 10.2. The average Bonchev–Trinajstić information content (AvgIpc) is 2.47. The highest BCUT2D eigenvalue weighted by molar-refractivity contribution is 7.98. The van der Waals surface area contributed by atoms with Crippen LogP contribution in [-0.4, -0.2) is 59.7 Å². The standard InChI is InChI=1S/C14H19N3OS2/c1-20-12-4-2-11(3-5-12)14(18)17-8-6-16(7-9-17)10-13(15)19/h2-5H,6-10H2,1H3,(H2,15,19). The summed E-state index contributed by atoms with van der Waals surface area (Å²) in [5.74, 6) is 0.104. The van der Waals surface area contributed by atoms with Crippen molar-refractivity contribution in [1.29, 1.82) is 0 Å². The molecule has 0 aliphatic carbocycles. The molecule has 0 saturated carbocycles. The summed E-state index contributed by atoms with van der Waals surface area (Å²) in [5.41, 5.74) is 6.30. The number of rotatable bonds is 4. The van der Waals surface area contributed by atoms with Crippen LogP contribution in [0.2, 0.25) is 0 Å². The van der Waals surface area contributed by atoms with Gasteiger partial charge in [0.15, 0.2) is 0 Å². The summed E-state index contributed by atoms with van der Waals surface area (Å²) in [4.78, 5) is 18.1. The molecule has 0 bridgehead atoms. The van der Waals surface area contributed by atoms with Gasteiger partial charge in [0.25, 0.3) is 5.91 Å². The molecule has 1 saturated heterocycles. The Balaban J connectivity index is 1.92. The predicted molar refractivity (Wildman–Crippen MR) is 87.4 cm³/mol. The van der Waals surface area contributed by atoms with Crippen LogP contribution in [0.1, 0.15) is 10.4 Å². The second kappa shape index (κ2) is 7.06. The molecular weight excluding hydrogens is 290 g/mol. The smallest absolute Gasteiger partial charge is 0.253 e. The lowest BCUT2D eigenvalue weighted by Gasteiger charge is -2.34. The first-order valence-corrected chi connectivity index (χ1v) is 8.17. The van der Waals surface area contributed by atoms with Crippen LogP contribution in [0.3, 0.4) is 0 Å². The van der Waals surface area contributed by atoms with Gasteiger partial charge in [-0.2, -0.15) is 0 Å². The van der Waals surface area contributed by atoms with Crippen molar-refractivity contribution in [2.24, 2.45) is 5.73 Å². The van der Waals surface area contributed by atoms with Gasteiger partial charge in [0.1, 0.15) is 0 Å². The Labute approximate surface area is 129 Å². The SMILES string of the molecule is CSc1ccc(C(=O)N2CCN(CC(N)=S)CC2)cc1. The van der Waals surface area contributed by atoms with E-state index in [0.717, 1.165) is 31.7 Å². The van der Waals surface area contributed by atoms with Crippen LogP contribution in [0.5, 0.6) is 0 Å². The topological polar surface area (TPSA) is 49.6 Å². The summed E-state index contributed by atoms with van der Waals surface area (Å²) in [6.45, 7) is 3.75. The molecule has 1 fully saturated rings. The Morgan fingerprint density at radius 1 is 1.25 bits per heavy atom. The number of hydrogen-bond donors (Lipinski definition) is 1. The van der Waals surface area contributed by atoms with Crippen LogP contribution in [0.4, 0.5) is 0 Å². The molecule has 6 heteroatoms. The monoisotopic (exact) mass is 309 g/mol. The second-order valence-electron chi connectivity index (χ2n) is 4.76. The van der Waals surface area contributed by atoms with Gasteiger partial charge >= 0.3 is 0 Å². The molecule has 2 rings (SSSR count). The molecule has 1 amide bonds. The molecule has 0 radical (unpaired) electrons. The molecule has 2 N–H and O–H groups in total. The van der Waals surface area contributed by atoms with Crippen molar-refractivity contribution in [3.8, 4) is 0 Å². The van der Waals surface area contributed by atoms with Gasteiger partial charge in [-0.05, 0) is 30.5 Å². The van der Waals surface area contributed by atoms with E-state index in [4.69, 9.17) is 18.0 Å². The van der Waals surface area contributed by atoms with Crippen LogP contribution < -0.4 is 5.73 Å². The molecule has 0 spiro atoms. The van der Waals surface area contributed by atoms with Crippen LogP contribution in [0.25, 0.3) is 0 Å². The van der Waals surface area contributed by atoms with Gasteiger partial charge in [-0.3, -0.25) is 9.69 Å². The van der Waals surface area contributed by atoms with Crippen LogP contribution in [0.15, 0.2) is 29.2 Å². The Kier molecular flexibility index (Phi) is 5.39. The van der Waals surface area contributed by atoms with E-state index in [-0.39, 0.29) is 5.91 Å². The Bertz CT molecular complexity index is 482. The summed E-state index contributed by atoms with van der Waals surface area (Å²) >= 11 is 6.59. The van der Waals surface area contributed by atoms with Gasteiger partial charge in [-0.25, -0.2) is 0 Å². The van der Waals surface area contributed by atoms with Crippen molar-refractivity contribution < 1.29 is 4.79 Å². The number of piperazine rings is 1. The molecule has 1 heterocycles. The van der Waals surface area contributed by atoms with Crippen molar-refractivity contribution in [2.75, 3.05) is 39.0 Å². The third-order valence-corrected chi connectivity index (χ3v) is 4.25. The molecule has 1 aromatic rings. The van der Waals surface area contributed by atoms with E-state index < -0.39 is 0 Å². The highest BCUT2D eigenvalue weighted by Gasteiger charge is 2.22. The number of thioether (sulfide) groups is 1. The fourth-order valence-electron chi connectivity index (χ4n) is 2.25. The van der Waals surface area contributed by atoms with Gasteiger partial charge in [0.05, 0.1) is 4.99 Å². The Morgan fingerprint density at radius 2 is 1.85 bits per heavy atom. The lowest BCUT2D eigenvalue weighted by Crippen LogP contribution is -2.50. The zero-order valence-corrected chi connectivity index (χ0v) is 13.2. The van der Waals surface area contributed by atoms with Gasteiger partial charge in [0, 0.05) is 43.2 Å². The van der Waals surface area contributed by atoms with E-state index in [1.807, 2.05) is 35.4 Å². The summed E-state index contributed by atoms with van der Waals surface area (Å²) in [6, 6.07) is 7.77. The maximum atomic E-state index is 12.4. The van der Waals surface area contributed by atoms with Crippen LogP contribution >= 0.6 is 24.0 Å². The van der Waals surface area contributed by atoms with E-state index >= 15 is 0 Å². The largest absolute Gasteiger partial charge is 0.392 e. The molecule has 1 aliphatic rings. The number of thiocarbonyl (C=S) groups is 1. The first-order valence-electron chi connectivity index (χ1n) is 6.54. The predicted octanol–water partition coefficient (Wildman–Crippen LogP) is 1.45. The fourth-order valence-corrected chi connectivity index (χ4v) is 2.84. The maximum Gasteiger partial charge on any atom is 0.253 e. The normalized spacial score (nSPS) is 16.1. The summed E-state index contributed by atoms with van der Waals surface area (Å²) in [7, 11) is 0. The molecule has 1 aliphatic heterocycles. The zero-order chi connectivity index (χ0) is 14.5. The van der Waals surface area contributed by atoms with E-state index in [9.17, 15) is 4.79 Å². The third kappa shape index (κ3) is 3.94. The molecule has 0 atom stereocenters. The van der Waals surface area contributed by atoms with E-state index in [1.54, 1.807) is 11.8 Å². The first-order chi connectivity index (χ1) is 9.60. The minimum Gasteiger partial charge on any atom is -0.392 e. The van der Waals surface area contributed by atoms with E-state index in [2.05, 4.69) is 4.90 Å². The number of nitrogens with two attached hydrogens (primary N) is 1. The van der Waals surface area contributed by atoms with Gasteiger partial charge in [0.2, 0.25) is 0 Å². The summed E-state index contributed by atoms with van der Waals surface area (Å²) in [5, 5.41) is 0. The van der Waals surface area contributed by atoms with Gasteiger partial charge < -0.3 is 10.6 Å². The second-order valence-corrected chi connectivity index (χ2v) is 6.17. The van der Waals surface area contributed by atoms with Crippen molar-refractivity contribution in [1.82, 2.24) is 9.80 Å². The number of benzene rings is 1. The third-order valence-electron chi connectivity index (χ3n) is 3.38. The maximum absolute atomic E-state index is 12.4. The molecule has 4 nitrogen and oxygen atoms in total. The number of carbonyl (C=O) groups excluding carboxylic acids is 1. The number of amides is 1. The Hall–Kier alpha value is -1.11. The highest BCUT2D eigenvalue weighted by Crippen LogP contribution is 2.16. The molecule has 0 aromatic heterocycles. The lowest BCUT2D eigenvalue weighted by molar-refractivity contribution is 0.0654. The van der Waals surface area contributed by atoms with Crippen molar-refractivity contribution >= 4 is 34.9 Å². The van der Waals surface area contributed by atoms with Crippen LogP contribution in [-0.2, 0) is 0 Å². The highest BCUT2D eigenvalue weighted by atomic mass is 32.2. The molecule has 20 heavy (non-hydrogen) atoms. The van der Waals surface area contributed by atoms with Gasteiger partial charge in [-0.15, -0.1) is 11.8 Å². The number of nitrogens with zero attached hydrogens (tertiary/aromatic N) is 2. The number of carbonyl (C=O) groups is 1. The van der Waals surface area contributed by atoms with Crippen molar-refractivity contribution in [3.05, 3.63) is 29.8 Å². The van der Waals surface area contributed by atoms with Crippen LogP contribution in [0, 0.1) is 0 Å². The summed E-state index contributed by atoms with van der Waals surface area (Å²) < 4.78 is 0. The van der Waals surface area contributed by atoms with Gasteiger partial charge in [-0.1, -0.05) is 12.2 Å². The number of hydrogen-bond acceptors (Lipinski definition) is 4. The van der Waals surface area contributed by atoms with E-state index in [1.165, 1.54) is 4.90 Å². The minimum atomic E-state index is 0.104. The summed E-state index contributed by atoms with van der Waals surface area (Å²) in [6.07, 6.45) is 2.03.